The van der Waals surface area contributed by atoms with Crippen LogP contribution in [0.25, 0.3) is 11.1 Å². The van der Waals surface area contributed by atoms with Gasteiger partial charge in [-0.2, -0.15) is 0 Å². The molecule has 0 atom stereocenters. The first kappa shape index (κ1) is 34.1. The monoisotopic (exact) mass is 656 g/mol. The van der Waals surface area contributed by atoms with Crippen molar-refractivity contribution in [3.63, 3.8) is 0 Å². The lowest BCUT2D eigenvalue weighted by molar-refractivity contribution is -0.137. The van der Waals surface area contributed by atoms with Crippen LogP contribution in [0.1, 0.15) is 43.0 Å². The molecule has 0 aromatic heterocycles. The van der Waals surface area contributed by atoms with Crippen molar-refractivity contribution in [2.24, 2.45) is 0 Å². The second-order valence-corrected chi connectivity index (χ2v) is 11.6. The van der Waals surface area contributed by atoms with E-state index >= 15 is 0 Å². The molecule has 0 aliphatic rings. The maximum atomic E-state index is 13.3. The number of anilines is 1. The number of benzene rings is 5. The predicted molar refractivity (Wildman–Crippen MR) is 187 cm³/mol. The maximum absolute atomic E-state index is 13.3. The molecule has 2 N–H and O–H groups in total. The minimum atomic E-state index is -1.16. The Morgan fingerprint density at radius 1 is 0.714 bits per heavy atom. The number of amides is 2. The van der Waals surface area contributed by atoms with Crippen LogP contribution in [0, 0.1) is 13.8 Å². The number of nitrogens with zero attached hydrogens (tertiary/aromatic N) is 1. The van der Waals surface area contributed by atoms with E-state index in [4.69, 9.17) is 9.47 Å². The minimum absolute atomic E-state index is 0.0135. The van der Waals surface area contributed by atoms with Crippen molar-refractivity contribution in [2.45, 2.75) is 26.8 Å². The van der Waals surface area contributed by atoms with Crippen LogP contribution < -0.4 is 14.8 Å². The highest BCUT2D eigenvalue weighted by Crippen LogP contribution is 2.23. The predicted octanol–water partition coefficient (Wildman–Crippen LogP) is 7.11. The van der Waals surface area contributed by atoms with Crippen molar-refractivity contribution in [2.75, 3.05) is 19.0 Å². The van der Waals surface area contributed by atoms with Gasteiger partial charge >= 0.3 is 11.9 Å². The number of carbonyl (C=O) groups excluding carboxylic acids is 3. The molecule has 0 saturated carbocycles. The van der Waals surface area contributed by atoms with Crippen molar-refractivity contribution in [1.82, 2.24) is 4.90 Å². The minimum Gasteiger partial charge on any atom is -0.496 e. The molecule has 0 aliphatic heterocycles. The maximum Gasteiger partial charge on any atom is 0.343 e. The molecule has 0 heterocycles. The van der Waals surface area contributed by atoms with Gasteiger partial charge in [0, 0.05) is 17.8 Å². The molecule has 0 saturated heterocycles. The molecule has 5 rings (SSSR count). The van der Waals surface area contributed by atoms with E-state index in [2.05, 4.69) is 5.32 Å². The Kier molecular flexibility index (Phi) is 10.9. The first-order valence-corrected chi connectivity index (χ1v) is 15.6. The van der Waals surface area contributed by atoms with Crippen molar-refractivity contribution in [3.8, 4) is 22.6 Å². The third-order valence-electron chi connectivity index (χ3n) is 7.87. The molecular weight excluding hydrogens is 620 g/mol. The number of ether oxygens (including phenoxy) is 2. The Hall–Kier alpha value is -6.22. The van der Waals surface area contributed by atoms with Gasteiger partial charge in [-0.1, -0.05) is 66.2 Å². The Morgan fingerprint density at radius 3 is 1.90 bits per heavy atom. The van der Waals surface area contributed by atoms with Crippen LogP contribution in [0.4, 0.5) is 5.69 Å². The fraction of sp³-hybridized carbons (Fsp3) is 0.150. The third-order valence-corrected chi connectivity index (χ3v) is 7.87. The zero-order valence-electron chi connectivity index (χ0n) is 27.4. The number of hydrogen-bond acceptors (Lipinski definition) is 6. The van der Waals surface area contributed by atoms with Gasteiger partial charge in [0.25, 0.3) is 5.91 Å². The highest BCUT2D eigenvalue weighted by Gasteiger charge is 2.20. The van der Waals surface area contributed by atoms with Gasteiger partial charge in [-0.3, -0.25) is 14.4 Å². The van der Waals surface area contributed by atoms with Crippen molar-refractivity contribution >= 4 is 29.4 Å². The molecule has 9 heteroatoms. The highest BCUT2D eigenvalue weighted by molar-refractivity contribution is 5.97. The molecular formula is C40H36N2O7. The summed E-state index contributed by atoms with van der Waals surface area (Å²) in [6.07, 6.45) is 0.164. The van der Waals surface area contributed by atoms with Crippen LogP contribution in [0.5, 0.6) is 11.5 Å². The number of rotatable bonds is 12. The number of aryl methyl sites for hydroxylation is 2. The molecule has 9 nitrogen and oxygen atoms in total. The molecule has 5 aromatic carbocycles. The van der Waals surface area contributed by atoms with E-state index in [1.54, 1.807) is 67.8 Å². The van der Waals surface area contributed by atoms with Gasteiger partial charge in [-0.15, -0.1) is 0 Å². The quantitative estimate of drug-likeness (QED) is 0.108. The highest BCUT2D eigenvalue weighted by atomic mass is 16.5. The summed E-state index contributed by atoms with van der Waals surface area (Å²) in [5.41, 5.74) is 6.79. The number of hydrogen-bond donors (Lipinski definition) is 2. The first-order chi connectivity index (χ1) is 23.6. The molecule has 0 bridgehead atoms. The molecule has 0 spiro atoms. The van der Waals surface area contributed by atoms with Gasteiger partial charge < -0.3 is 24.8 Å². The van der Waals surface area contributed by atoms with Crippen molar-refractivity contribution in [1.29, 1.82) is 0 Å². The molecule has 5 aromatic rings. The lowest BCUT2D eigenvalue weighted by Crippen LogP contribution is -2.35. The zero-order chi connectivity index (χ0) is 34.9. The van der Waals surface area contributed by atoms with Crippen LogP contribution in [-0.2, 0) is 22.6 Å². The molecule has 0 radical (unpaired) electrons. The fourth-order valence-corrected chi connectivity index (χ4v) is 5.28. The topological polar surface area (TPSA) is 122 Å². The van der Waals surface area contributed by atoms with E-state index in [0.29, 0.717) is 22.6 Å². The Balaban J connectivity index is 1.17. The Labute approximate surface area is 284 Å². The van der Waals surface area contributed by atoms with Gasteiger partial charge in [0.15, 0.2) is 0 Å². The van der Waals surface area contributed by atoms with Crippen LogP contribution >= 0.6 is 0 Å². The number of aliphatic carboxylic acids is 1. The Bertz CT molecular complexity index is 1950. The first-order valence-electron chi connectivity index (χ1n) is 15.6. The van der Waals surface area contributed by atoms with Gasteiger partial charge in [0.1, 0.15) is 18.0 Å². The fourth-order valence-electron chi connectivity index (χ4n) is 5.28. The summed E-state index contributed by atoms with van der Waals surface area (Å²) in [5.74, 6) is -1.32. The molecule has 248 valence electrons. The number of methoxy groups -OCH3 is 1. The van der Waals surface area contributed by atoms with Crippen LogP contribution in [-0.4, -0.2) is 47.4 Å². The lowest BCUT2D eigenvalue weighted by Gasteiger charge is -2.21. The van der Waals surface area contributed by atoms with E-state index < -0.39 is 24.4 Å². The van der Waals surface area contributed by atoms with Gasteiger partial charge in [0.2, 0.25) is 5.91 Å². The standard InChI is InChI=1S/C40H36N2O7/c1-26-4-9-30(10-5-26)31-11-13-33(14-12-31)40(47)49-35-19-6-28(7-20-35)24-42(25-38(44)45)39(46)32-15-17-34(18-16-32)41-37(43)23-29-8-21-36(48-3)27(2)22-29/h4-22H,23-25H2,1-3H3,(H,41,43)(H,44,45). The number of esters is 1. The number of carboxylic acid groups (broad SMARTS) is 1. The largest absolute Gasteiger partial charge is 0.496 e. The normalized spacial score (nSPS) is 10.6. The zero-order valence-corrected chi connectivity index (χ0v) is 27.4. The summed E-state index contributed by atoms with van der Waals surface area (Å²) < 4.78 is 10.8. The summed E-state index contributed by atoms with van der Waals surface area (Å²) in [7, 11) is 1.59. The lowest BCUT2D eigenvalue weighted by atomic mass is 10.0. The second-order valence-electron chi connectivity index (χ2n) is 11.6. The number of nitrogens with one attached hydrogen (secondary N) is 1. The molecule has 49 heavy (non-hydrogen) atoms. The summed E-state index contributed by atoms with van der Waals surface area (Å²) in [4.78, 5) is 51.6. The number of carbonyl (C=O) groups is 4. The average molecular weight is 657 g/mol. The molecule has 2 amide bonds. The van der Waals surface area contributed by atoms with E-state index in [9.17, 15) is 24.3 Å². The molecule has 0 unspecified atom stereocenters. The Morgan fingerprint density at radius 2 is 1.31 bits per heavy atom. The van der Waals surface area contributed by atoms with Crippen LogP contribution in [0.2, 0.25) is 0 Å². The van der Waals surface area contributed by atoms with E-state index in [1.165, 1.54) is 10.5 Å². The summed E-state index contributed by atoms with van der Waals surface area (Å²) in [5, 5.41) is 12.3. The summed E-state index contributed by atoms with van der Waals surface area (Å²) in [6, 6.07) is 33.7. The van der Waals surface area contributed by atoms with Crippen LogP contribution in [0.3, 0.4) is 0 Å². The molecule has 0 fully saturated rings. The summed E-state index contributed by atoms with van der Waals surface area (Å²) >= 11 is 0. The van der Waals surface area contributed by atoms with Gasteiger partial charge in [-0.25, -0.2) is 4.79 Å². The third kappa shape index (κ3) is 9.20. The van der Waals surface area contributed by atoms with Crippen molar-refractivity contribution in [3.05, 3.63) is 149 Å². The van der Waals surface area contributed by atoms with E-state index in [-0.39, 0.29) is 24.4 Å². The van der Waals surface area contributed by atoms with Gasteiger partial charge in [0.05, 0.1) is 19.1 Å². The smallest absolute Gasteiger partial charge is 0.343 e. The van der Waals surface area contributed by atoms with E-state index in [0.717, 1.165) is 28.0 Å². The molecule has 0 aliphatic carbocycles. The second kappa shape index (κ2) is 15.6. The number of carboxylic acids is 1. The van der Waals surface area contributed by atoms with Crippen LogP contribution in [0.15, 0.2) is 115 Å². The van der Waals surface area contributed by atoms with Crippen molar-refractivity contribution < 1.29 is 33.8 Å². The van der Waals surface area contributed by atoms with E-state index in [1.807, 2.05) is 68.4 Å². The van der Waals surface area contributed by atoms with Gasteiger partial charge in [-0.05, 0) is 96.3 Å². The SMILES string of the molecule is COc1ccc(CC(=O)Nc2ccc(C(=O)N(CC(=O)O)Cc3ccc(OC(=O)c4ccc(-c5ccc(C)cc5)cc4)cc3)cc2)cc1C. The average Bonchev–Trinajstić information content (AvgIpc) is 3.09. The summed E-state index contributed by atoms with van der Waals surface area (Å²) in [6.45, 7) is 3.43.